The third-order valence-electron chi connectivity index (χ3n) is 6.46. The second kappa shape index (κ2) is 9.94. The zero-order valence-electron chi connectivity index (χ0n) is 18.7. The molecular weight excluding hydrogens is 410 g/mol. The standard InChI is InChI=1S/C27H29N5O/c33-27(20-9-3-1-4-10-20)32-16-8-12-22(19-32)26-30-24(21-11-7-15-28-18-21)17-25(31-26)29-23-13-5-2-6-14-23/h1-3,5-7,11,13-15,17-18,20,22H,4,8-10,12,16,19H2,(H,29,30,31)/t20-,22+/m1/s1. The summed E-state index contributed by atoms with van der Waals surface area (Å²) in [6.45, 7) is 1.51. The molecule has 2 aliphatic rings. The number of anilines is 2. The first-order valence-corrected chi connectivity index (χ1v) is 11.8. The second-order valence-electron chi connectivity index (χ2n) is 8.83. The number of nitrogens with zero attached hydrogens (tertiary/aromatic N) is 4. The first-order chi connectivity index (χ1) is 16.3. The Kier molecular flexibility index (Phi) is 6.42. The minimum absolute atomic E-state index is 0.117. The summed E-state index contributed by atoms with van der Waals surface area (Å²) in [6, 6.07) is 15.9. The first kappa shape index (κ1) is 21.3. The SMILES string of the molecule is O=C([C@@H]1CC=CCC1)N1CCC[C@H](c2nc(Nc3ccccc3)cc(-c3cccnc3)n2)C1. The van der Waals surface area contributed by atoms with Gasteiger partial charge in [-0.2, -0.15) is 0 Å². The molecule has 6 heteroatoms. The number of carbonyl (C=O) groups excluding carboxylic acids is 1. The lowest BCUT2D eigenvalue weighted by molar-refractivity contribution is -0.137. The van der Waals surface area contributed by atoms with Gasteiger partial charge in [0.1, 0.15) is 11.6 Å². The van der Waals surface area contributed by atoms with E-state index in [1.54, 1.807) is 6.20 Å². The predicted molar refractivity (Wildman–Crippen MR) is 130 cm³/mol. The van der Waals surface area contributed by atoms with Crippen LogP contribution in [-0.2, 0) is 4.79 Å². The van der Waals surface area contributed by atoms with Gasteiger partial charge >= 0.3 is 0 Å². The normalized spacial score (nSPS) is 20.4. The highest BCUT2D eigenvalue weighted by molar-refractivity contribution is 5.79. The fourth-order valence-electron chi connectivity index (χ4n) is 4.71. The van der Waals surface area contributed by atoms with Crippen molar-refractivity contribution in [2.45, 2.75) is 38.0 Å². The van der Waals surface area contributed by atoms with Gasteiger partial charge in [0.15, 0.2) is 0 Å². The van der Waals surface area contributed by atoms with E-state index in [1.165, 1.54) is 0 Å². The van der Waals surface area contributed by atoms with E-state index >= 15 is 0 Å². The number of para-hydroxylation sites is 1. The molecule has 1 saturated heterocycles. The number of rotatable bonds is 5. The molecule has 0 spiro atoms. The van der Waals surface area contributed by atoms with Gasteiger partial charge in [0.25, 0.3) is 0 Å². The van der Waals surface area contributed by atoms with E-state index in [4.69, 9.17) is 9.97 Å². The van der Waals surface area contributed by atoms with Crippen molar-refractivity contribution in [2.75, 3.05) is 18.4 Å². The molecule has 1 N–H and O–H groups in total. The Balaban J connectivity index is 1.42. The molecule has 0 unspecified atom stereocenters. The van der Waals surface area contributed by atoms with E-state index in [2.05, 4.69) is 22.5 Å². The van der Waals surface area contributed by atoms with Crippen LogP contribution in [0.25, 0.3) is 11.3 Å². The molecule has 0 bridgehead atoms. The van der Waals surface area contributed by atoms with Gasteiger partial charge in [0, 0.05) is 54.6 Å². The molecule has 1 amide bonds. The number of hydrogen-bond donors (Lipinski definition) is 1. The molecule has 1 aromatic carbocycles. The fraction of sp³-hybridized carbons (Fsp3) is 0.333. The lowest BCUT2D eigenvalue weighted by Crippen LogP contribution is -2.42. The number of benzene rings is 1. The molecule has 5 rings (SSSR count). The predicted octanol–water partition coefficient (Wildman–Crippen LogP) is 5.34. The van der Waals surface area contributed by atoms with Crippen molar-refractivity contribution >= 4 is 17.4 Å². The molecule has 33 heavy (non-hydrogen) atoms. The molecule has 6 nitrogen and oxygen atoms in total. The van der Waals surface area contributed by atoms with Crippen molar-refractivity contribution < 1.29 is 4.79 Å². The van der Waals surface area contributed by atoms with Crippen LogP contribution in [0.2, 0.25) is 0 Å². The zero-order valence-corrected chi connectivity index (χ0v) is 18.7. The summed E-state index contributed by atoms with van der Waals surface area (Å²) in [5.74, 6) is 2.07. The van der Waals surface area contributed by atoms with Crippen molar-refractivity contribution in [1.82, 2.24) is 19.9 Å². The quantitative estimate of drug-likeness (QED) is 0.543. The van der Waals surface area contributed by atoms with Gasteiger partial charge in [0.05, 0.1) is 5.69 Å². The highest BCUT2D eigenvalue weighted by Gasteiger charge is 2.31. The van der Waals surface area contributed by atoms with Gasteiger partial charge < -0.3 is 10.2 Å². The maximum atomic E-state index is 13.2. The summed E-state index contributed by atoms with van der Waals surface area (Å²) < 4.78 is 0. The van der Waals surface area contributed by atoms with Crippen LogP contribution in [0.3, 0.4) is 0 Å². The molecule has 3 heterocycles. The monoisotopic (exact) mass is 439 g/mol. The lowest BCUT2D eigenvalue weighted by Gasteiger charge is -2.35. The highest BCUT2D eigenvalue weighted by Crippen LogP contribution is 2.31. The molecule has 2 atom stereocenters. The van der Waals surface area contributed by atoms with Gasteiger partial charge in [-0.25, -0.2) is 9.97 Å². The van der Waals surface area contributed by atoms with Crippen molar-refractivity contribution in [3.05, 3.63) is 78.9 Å². The Morgan fingerprint density at radius 1 is 1.03 bits per heavy atom. The number of pyridine rings is 1. The van der Waals surface area contributed by atoms with Crippen molar-refractivity contribution in [3.8, 4) is 11.3 Å². The summed E-state index contributed by atoms with van der Waals surface area (Å²) in [6.07, 6.45) is 12.7. The van der Waals surface area contributed by atoms with Gasteiger partial charge in [-0.15, -0.1) is 0 Å². The Morgan fingerprint density at radius 3 is 2.73 bits per heavy atom. The number of amides is 1. The van der Waals surface area contributed by atoms with Crippen LogP contribution in [0.1, 0.15) is 43.8 Å². The third-order valence-corrected chi connectivity index (χ3v) is 6.46. The van der Waals surface area contributed by atoms with Crippen molar-refractivity contribution in [3.63, 3.8) is 0 Å². The molecule has 0 saturated carbocycles. The Hall–Kier alpha value is -3.54. The van der Waals surface area contributed by atoms with Crippen LogP contribution in [0.5, 0.6) is 0 Å². The number of carbonyl (C=O) groups is 1. The van der Waals surface area contributed by atoms with Gasteiger partial charge in [-0.1, -0.05) is 30.4 Å². The Bertz CT molecular complexity index is 1120. The maximum absolute atomic E-state index is 13.2. The van der Waals surface area contributed by atoms with Gasteiger partial charge in [-0.3, -0.25) is 9.78 Å². The number of aromatic nitrogens is 3. The minimum Gasteiger partial charge on any atom is -0.342 e. The lowest BCUT2D eigenvalue weighted by atomic mass is 9.90. The molecule has 1 fully saturated rings. The largest absolute Gasteiger partial charge is 0.342 e. The van der Waals surface area contributed by atoms with Crippen LogP contribution >= 0.6 is 0 Å². The summed E-state index contributed by atoms with van der Waals surface area (Å²) in [7, 11) is 0. The Labute approximate surface area is 194 Å². The van der Waals surface area contributed by atoms with Gasteiger partial charge in [-0.05, 0) is 56.4 Å². The van der Waals surface area contributed by atoms with Crippen LogP contribution in [0.15, 0.2) is 73.1 Å². The molecule has 168 valence electrons. The molecule has 1 aliphatic heterocycles. The second-order valence-corrected chi connectivity index (χ2v) is 8.83. The van der Waals surface area contributed by atoms with E-state index in [-0.39, 0.29) is 17.7 Å². The van der Waals surface area contributed by atoms with Gasteiger partial charge in [0.2, 0.25) is 5.91 Å². The number of hydrogen-bond acceptors (Lipinski definition) is 5. The van der Waals surface area contributed by atoms with Crippen LogP contribution in [0.4, 0.5) is 11.5 Å². The van der Waals surface area contributed by atoms with Crippen molar-refractivity contribution in [2.24, 2.45) is 5.92 Å². The number of piperidine rings is 1. The minimum atomic E-state index is 0.117. The Morgan fingerprint density at radius 2 is 1.94 bits per heavy atom. The molecular formula is C27H29N5O. The third kappa shape index (κ3) is 5.11. The summed E-state index contributed by atoms with van der Waals surface area (Å²) in [5.41, 5.74) is 2.77. The molecule has 1 aliphatic carbocycles. The smallest absolute Gasteiger partial charge is 0.226 e. The van der Waals surface area contributed by atoms with E-state index < -0.39 is 0 Å². The first-order valence-electron chi connectivity index (χ1n) is 11.8. The summed E-state index contributed by atoms with van der Waals surface area (Å²) in [5, 5.41) is 3.42. The fourth-order valence-corrected chi connectivity index (χ4v) is 4.71. The van der Waals surface area contributed by atoms with E-state index in [0.29, 0.717) is 6.54 Å². The highest BCUT2D eigenvalue weighted by atomic mass is 16.2. The molecule has 0 radical (unpaired) electrons. The number of nitrogens with one attached hydrogen (secondary N) is 1. The van der Waals surface area contributed by atoms with Crippen LogP contribution in [0, 0.1) is 5.92 Å². The topological polar surface area (TPSA) is 71.0 Å². The average Bonchev–Trinajstić information content (AvgIpc) is 2.90. The average molecular weight is 440 g/mol. The maximum Gasteiger partial charge on any atom is 0.226 e. The summed E-state index contributed by atoms with van der Waals surface area (Å²) >= 11 is 0. The van der Waals surface area contributed by atoms with E-state index in [0.717, 1.165) is 67.2 Å². The summed E-state index contributed by atoms with van der Waals surface area (Å²) in [4.78, 5) is 29.3. The number of allylic oxidation sites excluding steroid dienone is 2. The number of likely N-dealkylation sites (tertiary alicyclic amines) is 1. The zero-order chi connectivity index (χ0) is 22.5. The van der Waals surface area contributed by atoms with E-state index in [9.17, 15) is 4.79 Å². The molecule has 3 aromatic rings. The van der Waals surface area contributed by atoms with Crippen LogP contribution in [-0.4, -0.2) is 38.8 Å². The van der Waals surface area contributed by atoms with Crippen LogP contribution < -0.4 is 5.32 Å². The van der Waals surface area contributed by atoms with E-state index in [1.807, 2.05) is 59.6 Å². The van der Waals surface area contributed by atoms with Crippen molar-refractivity contribution in [1.29, 1.82) is 0 Å². The molecule has 2 aromatic heterocycles.